The second-order valence-corrected chi connectivity index (χ2v) is 15.7. The van der Waals surface area contributed by atoms with E-state index in [1.165, 1.54) is 23.1 Å². The minimum Gasteiger partial charge on any atom is -0.508 e. The molecule has 4 N–H and O–H groups in total. The maximum atomic E-state index is 14.9. The summed E-state index contributed by atoms with van der Waals surface area (Å²) in [6.45, 7) is 17.3. The van der Waals surface area contributed by atoms with Crippen LogP contribution in [0.1, 0.15) is 90.6 Å². The highest BCUT2D eigenvalue weighted by molar-refractivity contribution is 5.94. The second kappa shape index (κ2) is 16.3. The average Bonchev–Trinajstić information content (AvgIpc) is 2.99. The molecule has 0 heterocycles. The van der Waals surface area contributed by atoms with Gasteiger partial charge >= 0.3 is 12.1 Å². The number of ether oxygens (including phenoxy) is 2. The van der Waals surface area contributed by atoms with E-state index in [2.05, 4.69) is 10.6 Å². The van der Waals surface area contributed by atoms with E-state index in [1.807, 2.05) is 30.3 Å². The SMILES string of the molecule is Cc1cc(C(C(=O)NC(Cc2ccccc2)C(=O)OC(C)(C)C)N(C(=O)C(Cc2ccc(O)cc2)NC(=O)OC(C)(C)C)C(C)(C)C)ccc1O. The van der Waals surface area contributed by atoms with Gasteiger partial charge in [0.05, 0.1) is 0 Å². The summed E-state index contributed by atoms with van der Waals surface area (Å²) in [5.74, 6) is -1.89. The number of rotatable bonds is 11. The van der Waals surface area contributed by atoms with Crippen molar-refractivity contribution in [2.24, 2.45) is 0 Å². The Morgan fingerprint density at radius 1 is 0.706 bits per heavy atom. The molecule has 3 unspecified atom stereocenters. The molecule has 0 bridgehead atoms. The fourth-order valence-electron chi connectivity index (χ4n) is 5.46. The Morgan fingerprint density at radius 3 is 1.78 bits per heavy atom. The molecule has 0 aromatic heterocycles. The number of nitrogens with zero attached hydrogens (tertiary/aromatic N) is 1. The normalized spacial score (nSPS) is 13.7. The monoisotopic (exact) mass is 703 g/mol. The van der Waals surface area contributed by atoms with Crippen LogP contribution in [0.15, 0.2) is 72.8 Å². The number of amides is 3. The fraction of sp³-hybridized carbons (Fsp3) is 0.450. The van der Waals surface area contributed by atoms with Gasteiger partial charge in [-0.25, -0.2) is 9.59 Å². The lowest BCUT2D eigenvalue weighted by molar-refractivity contribution is -0.159. The quantitative estimate of drug-likeness (QED) is 0.170. The van der Waals surface area contributed by atoms with Crippen molar-refractivity contribution in [3.05, 3.63) is 95.1 Å². The summed E-state index contributed by atoms with van der Waals surface area (Å²) in [6.07, 6.45) is -0.707. The topological polar surface area (TPSA) is 154 Å². The van der Waals surface area contributed by atoms with Crippen LogP contribution in [0.5, 0.6) is 11.5 Å². The number of carbonyl (C=O) groups is 4. The highest BCUT2D eigenvalue weighted by Crippen LogP contribution is 2.33. The number of carbonyl (C=O) groups excluding carboxylic acids is 4. The van der Waals surface area contributed by atoms with Gasteiger partial charge in [-0.2, -0.15) is 0 Å². The lowest BCUT2D eigenvalue weighted by atomic mass is 9.93. The largest absolute Gasteiger partial charge is 0.508 e. The summed E-state index contributed by atoms with van der Waals surface area (Å²) in [5.41, 5.74) is -0.487. The zero-order chi connectivity index (χ0) is 38.3. The van der Waals surface area contributed by atoms with Gasteiger partial charge in [0.1, 0.15) is 40.8 Å². The summed E-state index contributed by atoms with van der Waals surface area (Å²) < 4.78 is 11.2. The molecule has 3 aromatic carbocycles. The van der Waals surface area contributed by atoms with Gasteiger partial charge < -0.3 is 35.2 Å². The molecule has 51 heavy (non-hydrogen) atoms. The number of aryl methyl sites for hydroxylation is 1. The van der Waals surface area contributed by atoms with Crippen LogP contribution in [-0.4, -0.2) is 67.8 Å². The minimum atomic E-state index is -1.33. The molecule has 276 valence electrons. The van der Waals surface area contributed by atoms with Crippen molar-refractivity contribution < 1.29 is 38.9 Å². The zero-order valence-electron chi connectivity index (χ0n) is 31.4. The van der Waals surface area contributed by atoms with E-state index < -0.39 is 58.7 Å². The lowest BCUT2D eigenvalue weighted by Gasteiger charge is -2.43. The molecule has 0 aliphatic carbocycles. The Labute approximate surface area is 301 Å². The zero-order valence-corrected chi connectivity index (χ0v) is 31.4. The van der Waals surface area contributed by atoms with Crippen molar-refractivity contribution in [3.8, 4) is 11.5 Å². The van der Waals surface area contributed by atoms with Gasteiger partial charge in [-0.3, -0.25) is 9.59 Å². The molecule has 0 aliphatic heterocycles. The van der Waals surface area contributed by atoms with Crippen LogP contribution in [-0.2, 0) is 36.7 Å². The van der Waals surface area contributed by atoms with E-state index >= 15 is 0 Å². The average molecular weight is 704 g/mol. The molecule has 0 radical (unpaired) electrons. The van der Waals surface area contributed by atoms with Crippen molar-refractivity contribution >= 4 is 23.9 Å². The minimum absolute atomic E-state index is 0.000878. The van der Waals surface area contributed by atoms with E-state index in [-0.39, 0.29) is 24.3 Å². The van der Waals surface area contributed by atoms with E-state index in [1.54, 1.807) is 93.5 Å². The maximum Gasteiger partial charge on any atom is 0.408 e. The molecule has 0 aliphatic rings. The molecular formula is C40H53N3O8. The van der Waals surface area contributed by atoms with Crippen molar-refractivity contribution in [2.75, 3.05) is 0 Å². The first-order valence-electron chi connectivity index (χ1n) is 17.0. The van der Waals surface area contributed by atoms with Gasteiger partial charge in [-0.1, -0.05) is 48.5 Å². The van der Waals surface area contributed by atoms with Crippen LogP contribution in [0, 0.1) is 6.92 Å². The number of alkyl carbamates (subject to hydrolysis) is 1. The molecule has 11 heteroatoms. The molecule has 3 atom stereocenters. The summed E-state index contributed by atoms with van der Waals surface area (Å²) >= 11 is 0. The molecule has 0 saturated carbocycles. The van der Waals surface area contributed by atoms with Crippen LogP contribution in [0.4, 0.5) is 4.79 Å². The van der Waals surface area contributed by atoms with Crippen molar-refractivity contribution in [1.82, 2.24) is 15.5 Å². The van der Waals surface area contributed by atoms with Gasteiger partial charge in [0.2, 0.25) is 11.8 Å². The second-order valence-electron chi connectivity index (χ2n) is 15.7. The number of hydrogen-bond acceptors (Lipinski definition) is 8. The number of aromatic hydroxyl groups is 2. The fourth-order valence-corrected chi connectivity index (χ4v) is 5.46. The van der Waals surface area contributed by atoms with Gasteiger partial charge in [0.25, 0.3) is 0 Å². The van der Waals surface area contributed by atoms with Crippen LogP contribution in [0.3, 0.4) is 0 Å². The Hall–Kier alpha value is -5.06. The molecule has 0 saturated heterocycles. The molecule has 0 fully saturated rings. The summed E-state index contributed by atoms with van der Waals surface area (Å²) in [6, 6.07) is 16.3. The van der Waals surface area contributed by atoms with E-state index in [9.17, 15) is 29.4 Å². The molecule has 3 amide bonds. The van der Waals surface area contributed by atoms with Gasteiger partial charge in [0.15, 0.2) is 0 Å². The van der Waals surface area contributed by atoms with E-state index in [0.29, 0.717) is 16.7 Å². The van der Waals surface area contributed by atoms with Crippen LogP contribution in [0.2, 0.25) is 0 Å². The number of esters is 1. The first-order chi connectivity index (χ1) is 23.5. The predicted molar refractivity (Wildman–Crippen MR) is 195 cm³/mol. The first-order valence-corrected chi connectivity index (χ1v) is 17.0. The number of phenols is 2. The molecular weight excluding hydrogens is 650 g/mol. The molecule has 0 spiro atoms. The van der Waals surface area contributed by atoms with Crippen molar-refractivity contribution in [2.45, 2.75) is 117 Å². The number of phenolic OH excluding ortho intramolecular Hbond substituents is 2. The number of nitrogens with one attached hydrogen (secondary N) is 2. The highest BCUT2D eigenvalue weighted by atomic mass is 16.6. The van der Waals surface area contributed by atoms with Gasteiger partial charge in [0, 0.05) is 18.4 Å². The van der Waals surface area contributed by atoms with Crippen LogP contribution >= 0.6 is 0 Å². The molecule has 3 rings (SSSR count). The van der Waals surface area contributed by atoms with E-state index in [4.69, 9.17) is 9.47 Å². The standard InChI is InChI=1S/C40H53N3O8/c1-25-22-28(18-21-32(25)45)33(34(46)41-31(36(48)50-39(5,6)7)24-26-14-12-11-13-15-26)43(38(2,3)4)35(47)30(42-37(49)51-40(8,9)10)23-27-16-19-29(44)20-17-27/h11-22,30-31,33,44-45H,23-24H2,1-10H3,(H,41,46)(H,42,49). The van der Waals surface area contributed by atoms with Crippen molar-refractivity contribution in [3.63, 3.8) is 0 Å². The number of hydrogen-bond donors (Lipinski definition) is 4. The third-order valence-corrected chi connectivity index (χ3v) is 7.66. The van der Waals surface area contributed by atoms with Crippen molar-refractivity contribution in [1.29, 1.82) is 0 Å². The molecule has 11 nitrogen and oxygen atoms in total. The van der Waals surface area contributed by atoms with Crippen LogP contribution < -0.4 is 10.6 Å². The van der Waals surface area contributed by atoms with Crippen LogP contribution in [0.25, 0.3) is 0 Å². The highest BCUT2D eigenvalue weighted by Gasteiger charge is 2.43. The Kier molecular flexibility index (Phi) is 12.9. The third-order valence-electron chi connectivity index (χ3n) is 7.66. The molecule has 3 aromatic rings. The van der Waals surface area contributed by atoms with Gasteiger partial charge in [-0.05, 0) is 116 Å². The maximum absolute atomic E-state index is 14.9. The summed E-state index contributed by atoms with van der Waals surface area (Å²) in [5, 5.41) is 25.9. The Bertz CT molecular complexity index is 1670. The first kappa shape index (κ1) is 40.4. The van der Waals surface area contributed by atoms with E-state index in [0.717, 1.165) is 5.56 Å². The predicted octanol–water partition coefficient (Wildman–Crippen LogP) is 6.28. The van der Waals surface area contributed by atoms with Gasteiger partial charge in [-0.15, -0.1) is 0 Å². The Morgan fingerprint density at radius 2 is 1.25 bits per heavy atom. The lowest BCUT2D eigenvalue weighted by Crippen LogP contribution is -2.60. The Balaban J connectivity index is 2.17. The summed E-state index contributed by atoms with van der Waals surface area (Å²) in [4.78, 5) is 57.8. The smallest absolute Gasteiger partial charge is 0.408 e. The summed E-state index contributed by atoms with van der Waals surface area (Å²) in [7, 11) is 0. The number of benzene rings is 3. The third kappa shape index (κ3) is 12.3.